The molecule has 15 heteroatoms. The van der Waals surface area contributed by atoms with Crippen molar-refractivity contribution in [2.75, 3.05) is 6.61 Å². The van der Waals surface area contributed by atoms with Crippen LogP contribution in [0.15, 0.2) is 121 Å². The molecule has 1 atom stereocenters. The zero-order chi connectivity index (χ0) is 41.1. The number of benzene rings is 5. The van der Waals surface area contributed by atoms with Gasteiger partial charge in [0.25, 0.3) is 17.1 Å². The number of rotatable bonds is 17. The maximum atomic E-state index is 13.2. The van der Waals surface area contributed by atoms with Gasteiger partial charge in [0, 0.05) is 42.5 Å². The van der Waals surface area contributed by atoms with Crippen LogP contribution in [-0.2, 0) is 10.2 Å². The Kier molecular flexibility index (Phi) is 13.2. The molecule has 0 aliphatic carbocycles. The van der Waals surface area contributed by atoms with E-state index in [-0.39, 0.29) is 57.8 Å². The molecule has 5 aromatic rings. The molecule has 0 radical (unpaired) electrons. The number of nitrogens with zero attached hydrogens (tertiary/aromatic N) is 3. The lowest BCUT2D eigenvalue weighted by Crippen LogP contribution is -2.27. The maximum Gasteiger partial charge on any atom is 0.343 e. The molecule has 0 heterocycles. The molecule has 0 amide bonds. The van der Waals surface area contributed by atoms with Crippen LogP contribution >= 0.6 is 0 Å². The monoisotopic (exact) mass is 775 g/mol. The average Bonchev–Trinajstić information content (AvgIpc) is 3.20. The number of hydrogen-bond donors (Lipinski definition) is 0. The highest BCUT2D eigenvalue weighted by Gasteiger charge is 2.33. The Morgan fingerprint density at radius 2 is 0.982 bits per heavy atom. The van der Waals surface area contributed by atoms with E-state index in [4.69, 9.17) is 14.2 Å². The molecule has 0 saturated carbocycles. The van der Waals surface area contributed by atoms with E-state index in [0.717, 1.165) is 12.0 Å². The van der Waals surface area contributed by atoms with Crippen LogP contribution in [-0.4, -0.2) is 39.3 Å². The molecule has 0 aromatic heterocycles. The smallest absolute Gasteiger partial charge is 0.343 e. The quantitative estimate of drug-likeness (QED) is 0.0284. The number of non-ortho nitro benzene ring substituents is 3. The fourth-order valence-corrected chi connectivity index (χ4v) is 6.26. The predicted molar refractivity (Wildman–Crippen MR) is 207 cm³/mol. The second-order valence-electron chi connectivity index (χ2n) is 13.6. The number of carbonyl (C=O) groups is 3. The third-order valence-electron chi connectivity index (χ3n) is 9.43. The van der Waals surface area contributed by atoms with Crippen LogP contribution in [0.25, 0.3) is 0 Å². The van der Waals surface area contributed by atoms with Crippen molar-refractivity contribution in [3.63, 3.8) is 0 Å². The van der Waals surface area contributed by atoms with Gasteiger partial charge in [0.1, 0.15) is 11.5 Å². The highest BCUT2D eigenvalue weighted by atomic mass is 16.6. The van der Waals surface area contributed by atoms with E-state index < -0.39 is 38.1 Å². The largest absolute Gasteiger partial charge is 0.462 e. The topological polar surface area (TPSA) is 208 Å². The van der Waals surface area contributed by atoms with Crippen molar-refractivity contribution in [1.82, 2.24) is 0 Å². The van der Waals surface area contributed by atoms with Crippen LogP contribution in [0.4, 0.5) is 17.1 Å². The van der Waals surface area contributed by atoms with Crippen molar-refractivity contribution in [2.45, 2.75) is 50.9 Å². The Morgan fingerprint density at radius 1 is 0.561 bits per heavy atom. The van der Waals surface area contributed by atoms with Crippen LogP contribution in [0, 0.1) is 30.3 Å². The zero-order valence-corrected chi connectivity index (χ0v) is 30.9. The molecule has 57 heavy (non-hydrogen) atoms. The van der Waals surface area contributed by atoms with Crippen LogP contribution in [0.5, 0.6) is 11.5 Å². The van der Waals surface area contributed by atoms with Crippen molar-refractivity contribution >= 4 is 35.0 Å². The molecular formula is C42H37N3O12. The molecule has 5 rings (SSSR count). The summed E-state index contributed by atoms with van der Waals surface area (Å²) in [4.78, 5) is 70.4. The Labute approximate surface area is 326 Å². The van der Waals surface area contributed by atoms with E-state index in [9.17, 15) is 44.7 Å². The summed E-state index contributed by atoms with van der Waals surface area (Å²) in [5.74, 6) is -2.23. The minimum absolute atomic E-state index is 0.0390. The van der Waals surface area contributed by atoms with Crippen LogP contribution in [0.2, 0.25) is 0 Å². The van der Waals surface area contributed by atoms with Crippen molar-refractivity contribution in [1.29, 1.82) is 0 Å². The Morgan fingerprint density at radius 3 is 1.40 bits per heavy atom. The number of carbonyl (C=O) groups excluding carboxylic acids is 3. The van der Waals surface area contributed by atoms with Gasteiger partial charge in [-0.3, -0.25) is 30.3 Å². The number of nitro groups is 3. The van der Waals surface area contributed by atoms with Gasteiger partial charge in [-0.2, -0.15) is 0 Å². The zero-order valence-electron chi connectivity index (χ0n) is 30.9. The fourth-order valence-electron chi connectivity index (χ4n) is 6.26. The molecule has 15 nitrogen and oxygen atoms in total. The SMILES string of the molecule is CC(C)(c1cc(OC(=O)c2ccc([N+](=O)[O-])cc2)cc(OC(=O)c2ccc([N+](=O)[O-])cc2)c1)[C@@H](CCCCCOC(=O)c1ccc([N+](=O)[O-])cc1)c1ccccc1. The third-order valence-corrected chi connectivity index (χ3v) is 9.43. The van der Waals surface area contributed by atoms with Gasteiger partial charge in [0.2, 0.25) is 0 Å². The van der Waals surface area contributed by atoms with E-state index in [1.54, 1.807) is 12.1 Å². The molecule has 0 aliphatic heterocycles. The molecule has 0 saturated heterocycles. The van der Waals surface area contributed by atoms with Crippen molar-refractivity contribution in [2.24, 2.45) is 0 Å². The summed E-state index contributed by atoms with van der Waals surface area (Å²) in [6.07, 6.45) is 2.68. The van der Waals surface area contributed by atoms with E-state index in [1.165, 1.54) is 78.9 Å². The van der Waals surface area contributed by atoms with Crippen molar-refractivity contribution < 1.29 is 43.4 Å². The first kappa shape index (κ1) is 40.9. The van der Waals surface area contributed by atoms with E-state index in [0.29, 0.717) is 24.8 Å². The summed E-state index contributed by atoms with van der Waals surface area (Å²) in [6, 6.07) is 29.5. The minimum atomic E-state index is -0.804. The Bertz CT molecular complexity index is 2170. The van der Waals surface area contributed by atoms with Gasteiger partial charge < -0.3 is 14.2 Å². The van der Waals surface area contributed by atoms with Crippen LogP contribution < -0.4 is 9.47 Å². The highest BCUT2D eigenvalue weighted by Crippen LogP contribution is 2.44. The summed E-state index contributed by atoms with van der Waals surface area (Å²) in [6.45, 7) is 4.17. The average molecular weight is 776 g/mol. The summed E-state index contributed by atoms with van der Waals surface area (Å²) in [5.41, 5.74) is 0.761. The first-order valence-electron chi connectivity index (χ1n) is 17.8. The molecule has 0 spiro atoms. The van der Waals surface area contributed by atoms with Gasteiger partial charge in [0.15, 0.2) is 0 Å². The predicted octanol–water partition coefficient (Wildman–Crippen LogP) is 9.33. The third kappa shape index (κ3) is 10.7. The van der Waals surface area contributed by atoms with Crippen LogP contribution in [0.3, 0.4) is 0 Å². The lowest BCUT2D eigenvalue weighted by molar-refractivity contribution is -0.385. The van der Waals surface area contributed by atoms with Gasteiger partial charge in [-0.05, 0) is 83.8 Å². The Balaban J connectivity index is 1.36. The normalized spacial score (nSPS) is 11.5. The van der Waals surface area contributed by atoms with Gasteiger partial charge in [-0.15, -0.1) is 0 Å². The van der Waals surface area contributed by atoms with Crippen molar-refractivity contribution in [3.05, 3.63) is 179 Å². The standard InChI is InChI=1S/C42H37N3O12/c1-42(2,38(28-9-5-3-6-10-28)11-7-4-8-24-55-39(46)29-12-18-33(19-13-29)43(49)50)32-25-36(56-40(47)30-14-20-34(21-15-30)44(51)52)27-37(26-32)57-41(48)31-16-22-35(23-17-31)45(53)54/h3,5-6,9-10,12-23,25-27,38H,4,7-8,11,24H2,1-2H3/t38-/m0/s1. The van der Waals surface area contributed by atoms with Crippen molar-refractivity contribution in [3.8, 4) is 11.5 Å². The van der Waals surface area contributed by atoms with E-state index >= 15 is 0 Å². The molecule has 0 fully saturated rings. The fraction of sp³-hybridized carbons (Fsp3) is 0.214. The molecule has 0 bridgehead atoms. The van der Waals surface area contributed by atoms with E-state index in [2.05, 4.69) is 0 Å². The van der Waals surface area contributed by atoms with Gasteiger partial charge in [-0.25, -0.2) is 14.4 Å². The summed E-state index contributed by atoms with van der Waals surface area (Å²) in [5, 5.41) is 33.2. The molecular weight excluding hydrogens is 738 g/mol. The van der Waals surface area contributed by atoms with Crippen LogP contribution in [0.1, 0.15) is 87.6 Å². The molecule has 0 unspecified atom stereocenters. The minimum Gasteiger partial charge on any atom is -0.462 e. The highest BCUT2D eigenvalue weighted by molar-refractivity contribution is 5.92. The first-order chi connectivity index (χ1) is 27.2. The molecule has 292 valence electrons. The molecule has 0 aliphatic rings. The lowest BCUT2D eigenvalue weighted by Gasteiger charge is -2.36. The summed E-state index contributed by atoms with van der Waals surface area (Å²) in [7, 11) is 0. The Hall–Kier alpha value is -7.29. The summed E-state index contributed by atoms with van der Waals surface area (Å²) < 4.78 is 16.9. The molecule has 5 aromatic carbocycles. The van der Waals surface area contributed by atoms with Gasteiger partial charge in [0.05, 0.1) is 38.1 Å². The number of esters is 3. The van der Waals surface area contributed by atoms with Gasteiger partial charge in [-0.1, -0.05) is 57.0 Å². The number of hydrogen-bond acceptors (Lipinski definition) is 12. The summed E-state index contributed by atoms with van der Waals surface area (Å²) >= 11 is 0. The lowest BCUT2D eigenvalue weighted by atomic mass is 9.68. The molecule has 0 N–H and O–H groups in total. The maximum absolute atomic E-state index is 13.2. The number of ether oxygens (including phenoxy) is 3. The second kappa shape index (κ2) is 18.4. The van der Waals surface area contributed by atoms with Gasteiger partial charge >= 0.3 is 17.9 Å². The number of unbranched alkanes of at least 4 members (excludes halogenated alkanes) is 2. The van der Waals surface area contributed by atoms with E-state index in [1.807, 2.05) is 44.2 Å². The first-order valence-corrected chi connectivity index (χ1v) is 17.8. The number of nitro benzene ring substituents is 3. The second-order valence-corrected chi connectivity index (χ2v) is 13.6.